The molecule has 1 N–H and O–H groups in total. The highest BCUT2D eigenvalue weighted by Crippen LogP contribution is 2.69. The normalized spacial score (nSPS) is 32.1. The van der Waals surface area contributed by atoms with Crippen molar-refractivity contribution in [1.82, 2.24) is 5.32 Å². The van der Waals surface area contributed by atoms with Crippen molar-refractivity contribution in [3.05, 3.63) is 0 Å². The van der Waals surface area contributed by atoms with E-state index in [0.717, 1.165) is 19.3 Å². The van der Waals surface area contributed by atoms with Crippen LogP contribution in [-0.2, 0) is 4.74 Å². The van der Waals surface area contributed by atoms with Crippen LogP contribution in [0.5, 0.6) is 0 Å². The number of rotatable bonds is 4. The second kappa shape index (κ2) is 4.53. The van der Waals surface area contributed by atoms with Crippen LogP contribution in [0.15, 0.2) is 0 Å². The van der Waals surface area contributed by atoms with Gasteiger partial charge >= 0.3 is 12.3 Å². The molecule has 3 aliphatic carbocycles. The molecule has 2 bridgehead atoms. The summed E-state index contributed by atoms with van der Waals surface area (Å²) in [6, 6.07) is 0. The number of carbonyl (C=O) groups excluding carboxylic acids is 1. The van der Waals surface area contributed by atoms with E-state index < -0.39 is 24.3 Å². The zero-order valence-corrected chi connectivity index (χ0v) is 12.2. The third-order valence-electron chi connectivity index (χ3n) is 4.07. The molecule has 3 fully saturated rings. The van der Waals surface area contributed by atoms with Crippen molar-refractivity contribution < 1.29 is 22.7 Å². The minimum atomic E-state index is -4.06. The highest BCUT2D eigenvalue weighted by molar-refractivity contribution is 5.69. The molecule has 6 heteroatoms. The lowest BCUT2D eigenvalue weighted by Gasteiger charge is -2.70. The topological polar surface area (TPSA) is 38.3 Å². The van der Waals surface area contributed by atoms with E-state index in [2.05, 4.69) is 5.32 Å². The van der Waals surface area contributed by atoms with Gasteiger partial charge in [-0.25, -0.2) is 4.79 Å². The van der Waals surface area contributed by atoms with Crippen LogP contribution in [0.1, 0.15) is 59.3 Å². The number of nitrogens with one attached hydrogen (secondary N) is 1. The maximum atomic E-state index is 12.1. The third kappa shape index (κ3) is 3.58. The largest absolute Gasteiger partial charge is 0.444 e. The predicted molar refractivity (Wildman–Crippen MR) is 68.3 cm³/mol. The summed E-state index contributed by atoms with van der Waals surface area (Å²) in [7, 11) is 0. The molecule has 0 unspecified atom stereocenters. The summed E-state index contributed by atoms with van der Waals surface area (Å²) < 4.78 is 41.5. The maximum absolute atomic E-state index is 12.1. The number of carbonyl (C=O) groups is 1. The van der Waals surface area contributed by atoms with E-state index in [-0.39, 0.29) is 17.4 Å². The van der Waals surface area contributed by atoms with Gasteiger partial charge in [-0.2, -0.15) is 13.2 Å². The van der Waals surface area contributed by atoms with Crippen LogP contribution in [-0.4, -0.2) is 23.4 Å². The van der Waals surface area contributed by atoms with Crippen LogP contribution in [0, 0.1) is 5.41 Å². The number of hydrogen-bond acceptors (Lipinski definition) is 2. The average molecular weight is 293 g/mol. The first kappa shape index (κ1) is 15.4. The molecule has 0 aliphatic heterocycles. The standard InChI is InChI=1S/C14H22F3NO2/c1-11(2,3)20-10(19)18-13-7-12(8-13,9-13)5-4-6-14(15,16)17/h4-9H2,1-3H3,(H,18,19). The Morgan fingerprint density at radius 3 is 2.20 bits per heavy atom. The van der Waals surface area contributed by atoms with Crippen LogP contribution in [0.3, 0.4) is 0 Å². The first-order valence-corrected chi connectivity index (χ1v) is 7.01. The van der Waals surface area contributed by atoms with E-state index in [1.54, 1.807) is 20.8 Å². The molecular weight excluding hydrogens is 271 g/mol. The number of alkyl halides is 3. The smallest absolute Gasteiger partial charge is 0.408 e. The van der Waals surface area contributed by atoms with Gasteiger partial charge in [0.15, 0.2) is 0 Å². The van der Waals surface area contributed by atoms with Crippen molar-refractivity contribution in [2.45, 2.75) is 76.6 Å². The molecular formula is C14H22F3NO2. The molecule has 3 rings (SSSR count). The van der Waals surface area contributed by atoms with Crippen molar-refractivity contribution in [2.75, 3.05) is 0 Å². The summed E-state index contributed by atoms with van der Waals surface area (Å²) in [5, 5.41) is 2.86. The van der Waals surface area contributed by atoms with Gasteiger partial charge < -0.3 is 10.1 Å². The molecule has 0 radical (unpaired) electrons. The minimum absolute atomic E-state index is 0.0419. The SMILES string of the molecule is CC(C)(C)OC(=O)NC12CC(CCCC(F)(F)F)(C1)C2. The van der Waals surface area contributed by atoms with E-state index in [1.807, 2.05) is 0 Å². The molecule has 3 aliphatic rings. The molecule has 0 spiro atoms. The number of alkyl carbamates (subject to hydrolysis) is 1. The fourth-order valence-electron chi connectivity index (χ4n) is 3.58. The monoisotopic (exact) mass is 293 g/mol. The second-order valence-corrected chi connectivity index (χ2v) is 7.41. The Balaban J connectivity index is 1.68. The summed E-state index contributed by atoms with van der Waals surface area (Å²) in [6.07, 6.45) is -2.04. The van der Waals surface area contributed by atoms with E-state index in [1.165, 1.54) is 0 Å². The van der Waals surface area contributed by atoms with E-state index in [0.29, 0.717) is 6.42 Å². The summed E-state index contributed by atoms with van der Waals surface area (Å²) in [4.78, 5) is 11.7. The van der Waals surface area contributed by atoms with Crippen molar-refractivity contribution in [3.63, 3.8) is 0 Å². The Labute approximate surface area is 117 Å². The number of halogens is 3. The second-order valence-electron chi connectivity index (χ2n) is 7.41. The molecule has 0 aromatic carbocycles. The molecule has 0 heterocycles. The molecule has 0 saturated heterocycles. The number of hydrogen-bond donors (Lipinski definition) is 1. The molecule has 116 valence electrons. The van der Waals surface area contributed by atoms with Gasteiger partial charge in [0.25, 0.3) is 0 Å². The first-order valence-electron chi connectivity index (χ1n) is 7.01. The fourth-order valence-corrected chi connectivity index (χ4v) is 3.58. The van der Waals surface area contributed by atoms with Crippen molar-refractivity contribution in [3.8, 4) is 0 Å². The molecule has 0 aromatic heterocycles. The van der Waals surface area contributed by atoms with Crippen LogP contribution in [0.4, 0.5) is 18.0 Å². The molecule has 3 nitrogen and oxygen atoms in total. The van der Waals surface area contributed by atoms with E-state index in [9.17, 15) is 18.0 Å². The fraction of sp³-hybridized carbons (Fsp3) is 0.929. The average Bonchev–Trinajstić information content (AvgIpc) is 2.06. The summed E-state index contributed by atoms with van der Waals surface area (Å²) in [5.41, 5.74) is -0.696. The lowest BCUT2D eigenvalue weighted by atomic mass is 9.38. The van der Waals surface area contributed by atoms with Gasteiger partial charge in [0.2, 0.25) is 0 Å². The van der Waals surface area contributed by atoms with Gasteiger partial charge in [0, 0.05) is 12.0 Å². The van der Waals surface area contributed by atoms with Crippen LogP contribution < -0.4 is 5.32 Å². The Kier molecular flexibility index (Phi) is 3.50. The van der Waals surface area contributed by atoms with E-state index in [4.69, 9.17) is 4.74 Å². The molecule has 20 heavy (non-hydrogen) atoms. The van der Waals surface area contributed by atoms with Gasteiger partial charge in [-0.15, -0.1) is 0 Å². The molecule has 0 atom stereocenters. The zero-order chi connectivity index (χ0) is 15.2. The van der Waals surface area contributed by atoms with Crippen molar-refractivity contribution >= 4 is 6.09 Å². The predicted octanol–water partition coefficient (Wildman–Crippen LogP) is 4.17. The summed E-state index contributed by atoms with van der Waals surface area (Å²) >= 11 is 0. The maximum Gasteiger partial charge on any atom is 0.408 e. The highest BCUT2D eigenvalue weighted by atomic mass is 19.4. The Bertz CT molecular complexity index is 378. The Hall–Kier alpha value is -0.940. The number of ether oxygens (including phenoxy) is 1. The summed E-state index contributed by atoms with van der Waals surface area (Å²) in [5.74, 6) is 0. The quantitative estimate of drug-likeness (QED) is 0.845. The molecule has 0 aromatic rings. The van der Waals surface area contributed by atoms with Gasteiger partial charge in [-0.3, -0.25) is 0 Å². The van der Waals surface area contributed by atoms with Crippen molar-refractivity contribution in [1.29, 1.82) is 0 Å². The van der Waals surface area contributed by atoms with Crippen LogP contribution >= 0.6 is 0 Å². The van der Waals surface area contributed by atoms with Gasteiger partial charge in [-0.05, 0) is 58.3 Å². The molecule has 1 amide bonds. The highest BCUT2D eigenvalue weighted by Gasteiger charge is 2.68. The Morgan fingerprint density at radius 2 is 1.75 bits per heavy atom. The van der Waals surface area contributed by atoms with Crippen molar-refractivity contribution in [2.24, 2.45) is 5.41 Å². The van der Waals surface area contributed by atoms with Gasteiger partial charge in [-0.1, -0.05) is 0 Å². The van der Waals surface area contributed by atoms with Gasteiger partial charge in [0.05, 0.1) is 0 Å². The van der Waals surface area contributed by atoms with Crippen LogP contribution in [0.25, 0.3) is 0 Å². The third-order valence-corrected chi connectivity index (χ3v) is 4.07. The van der Waals surface area contributed by atoms with Crippen LogP contribution in [0.2, 0.25) is 0 Å². The van der Waals surface area contributed by atoms with Gasteiger partial charge in [0.1, 0.15) is 5.60 Å². The van der Waals surface area contributed by atoms with E-state index >= 15 is 0 Å². The lowest BCUT2D eigenvalue weighted by Crippen LogP contribution is -2.74. The minimum Gasteiger partial charge on any atom is -0.444 e. The number of amides is 1. The summed E-state index contributed by atoms with van der Waals surface area (Å²) in [6.45, 7) is 5.40. The lowest BCUT2D eigenvalue weighted by molar-refractivity contribution is -0.168. The first-order chi connectivity index (χ1) is 8.93. The zero-order valence-electron chi connectivity index (χ0n) is 12.2. The molecule has 3 saturated carbocycles. The Morgan fingerprint density at radius 1 is 1.20 bits per heavy atom.